The van der Waals surface area contributed by atoms with Crippen LogP contribution in [0.5, 0.6) is 0 Å². The quantitative estimate of drug-likeness (QED) is 0.809. The van der Waals surface area contributed by atoms with E-state index >= 15 is 0 Å². The van der Waals surface area contributed by atoms with Gasteiger partial charge >= 0.3 is 0 Å². The molecule has 2 heterocycles. The van der Waals surface area contributed by atoms with Crippen LogP contribution in [0.2, 0.25) is 0 Å². The Morgan fingerprint density at radius 3 is 3.12 bits per heavy atom. The van der Waals surface area contributed by atoms with Gasteiger partial charge in [0.15, 0.2) is 0 Å². The number of piperidine rings is 1. The topological polar surface area (TPSA) is 49.8 Å². The lowest BCUT2D eigenvalue weighted by molar-refractivity contribution is 0.414. The first kappa shape index (κ1) is 11.3. The van der Waals surface area contributed by atoms with Crippen LogP contribution in [-0.4, -0.2) is 29.1 Å². The summed E-state index contributed by atoms with van der Waals surface area (Å²) in [6, 6.07) is 2.62. The molecule has 88 valence electrons. The summed E-state index contributed by atoms with van der Waals surface area (Å²) < 4.78 is 0. The molecule has 1 fully saturated rings. The molecule has 2 N–H and O–H groups in total. The largest absolute Gasteiger partial charge is 0.368 e. The van der Waals surface area contributed by atoms with Crippen LogP contribution >= 0.6 is 0 Å². The van der Waals surface area contributed by atoms with Crippen molar-refractivity contribution >= 4 is 5.82 Å². The minimum atomic E-state index is 0.591. The number of hydrogen-bond donors (Lipinski definition) is 2. The van der Waals surface area contributed by atoms with Crippen molar-refractivity contribution in [2.75, 3.05) is 18.4 Å². The van der Waals surface area contributed by atoms with E-state index in [0.29, 0.717) is 6.04 Å². The maximum absolute atomic E-state index is 4.22. The maximum Gasteiger partial charge on any atom is 0.129 e. The Morgan fingerprint density at radius 1 is 1.44 bits per heavy atom. The Labute approximate surface area is 96.9 Å². The fourth-order valence-corrected chi connectivity index (χ4v) is 2.01. The predicted molar refractivity (Wildman–Crippen MR) is 65.5 cm³/mol. The fourth-order valence-electron chi connectivity index (χ4n) is 2.01. The van der Waals surface area contributed by atoms with E-state index in [9.17, 15) is 0 Å². The van der Waals surface area contributed by atoms with Crippen molar-refractivity contribution in [1.29, 1.82) is 0 Å². The predicted octanol–water partition coefficient (Wildman–Crippen LogP) is 1.59. The molecule has 0 saturated carbocycles. The molecule has 0 radical (unpaired) electrons. The van der Waals surface area contributed by atoms with Gasteiger partial charge in [-0.25, -0.2) is 9.97 Å². The van der Waals surface area contributed by atoms with Crippen molar-refractivity contribution in [2.24, 2.45) is 0 Å². The van der Waals surface area contributed by atoms with Crippen LogP contribution in [0.1, 0.15) is 31.9 Å². The average Bonchev–Trinajstić information content (AvgIpc) is 2.38. The van der Waals surface area contributed by atoms with Crippen LogP contribution in [0.4, 0.5) is 5.82 Å². The highest BCUT2D eigenvalue weighted by atomic mass is 15.0. The lowest BCUT2D eigenvalue weighted by atomic mass is 10.1. The molecule has 0 bridgehead atoms. The summed E-state index contributed by atoms with van der Waals surface area (Å²) in [5.74, 6) is 0.944. The van der Waals surface area contributed by atoms with Crippen LogP contribution in [0.15, 0.2) is 12.4 Å². The molecule has 1 unspecified atom stereocenters. The van der Waals surface area contributed by atoms with Gasteiger partial charge in [0.1, 0.15) is 12.1 Å². The molecule has 1 aliphatic rings. The third-order valence-electron chi connectivity index (χ3n) is 3.03. The lowest BCUT2D eigenvalue weighted by Gasteiger charge is -2.23. The summed E-state index contributed by atoms with van der Waals surface area (Å²) in [6.45, 7) is 4.21. The Kier molecular flexibility index (Phi) is 4.10. The molecular formula is C12H20N4. The Morgan fingerprint density at radius 2 is 2.38 bits per heavy atom. The van der Waals surface area contributed by atoms with Gasteiger partial charge in [0.2, 0.25) is 0 Å². The zero-order valence-electron chi connectivity index (χ0n) is 9.87. The smallest absolute Gasteiger partial charge is 0.129 e. The second-order valence-electron chi connectivity index (χ2n) is 4.28. The van der Waals surface area contributed by atoms with Crippen LogP contribution in [0.25, 0.3) is 0 Å². The molecule has 1 aromatic heterocycles. The molecular weight excluding hydrogens is 200 g/mol. The molecule has 2 rings (SSSR count). The zero-order chi connectivity index (χ0) is 11.2. The van der Waals surface area contributed by atoms with Crippen molar-refractivity contribution < 1.29 is 0 Å². The first-order chi connectivity index (χ1) is 7.88. The molecule has 1 aromatic rings. The van der Waals surface area contributed by atoms with E-state index in [2.05, 4.69) is 27.5 Å². The van der Waals surface area contributed by atoms with Crippen LogP contribution in [0.3, 0.4) is 0 Å². The van der Waals surface area contributed by atoms with Crippen molar-refractivity contribution in [3.63, 3.8) is 0 Å². The summed E-state index contributed by atoms with van der Waals surface area (Å²) in [5, 5.41) is 6.89. The number of aromatic nitrogens is 2. The van der Waals surface area contributed by atoms with Gasteiger partial charge in [0.25, 0.3) is 0 Å². The number of nitrogens with zero attached hydrogens (tertiary/aromatic N) is 2. The van der Waals surface area contributed by atoms with E-state index < -0.39 is 0 Å². The summed E-state index contributed by atoms with van der Waals surface area (Å²) in [4.78, 5) is 8.41. The van der Waals surface area contributed by atoms with Crippen molar-refractivity contribution in [2.45, 2.75) is 38.6 Å². The highest BCUT2D eigenvalue weighted by Gasteiger charge is 2.11. The first-order valence-electron chi connectivity index (χ1n) is 6.16. The van der Waals surface area contributed by atoms with Gasteiger partial charge in [-0.1, -0.05) is 13.3 Å². The summed E-state index contributed by atoms with van der Waals surface area (Å²) >= 11 is 0. The third kappa shape index (κ3) is 3.17. The number of rotatable bonds is 4. The Bertz CT molecular complexity index is 321. The molecule has 1 atom stereocenters. The molecule has 0 aromatic carbocycles. The van der Waals surface area contributed by atoms with Gasteiger partial charge in [-0.05, 0) is 25.8 Å². The normalized spacial score (nSPS) is 20.7. The van der Waals surface area contributed by atoms with Gasteiger partial charge < -0.3 is 10.6 Å². The number of anilines is 1. The highest BCUT2D eigenvalue weighted by molar-refractivity contribution is 5.34. The van der Waals surface area contributed by atoms with E-state index in [1.54, 1.807) is 6.33 Å². The van der Waals surface area contributed by atoms with Gasteiger partial charge in [-0.3, -0.25) is 0 Å². The van der Waals surface area contributed by atoms with Gasteiger partial charge in [0, 0.05) is 24.3 Å². The van der Waals surface area contributed by atoms with Crippen LogP contribution in [-0.2, 0) is 6.42 Å². The second kappa shape index (κ2) is 5.80. The zero-order valence-corrected chi connectivity index (χ0v) is 9.87. The van der Waals surface area contributed by atoms with E-state index in [-0.39, 0.29) is 0 Å². The first-order valence-corrected chi connectivity index (χ1v) is 6.16. The Hall–Kier alpha value is -1.16. The van der Waals surface area contributed by atoms with Gasteiger partial charge in [0.05, 0.1) is 0 Å². The van der Waals surface area contributed by atoms with E-state index in [1.807, 2.05) is 6.07 Å². The lowest BCUT2D eigenvalue weighted by Crippen LogP contribution is -2.39. The fraction of sp³-hybridized carbons (Fsp3) is 0.667. The minimum absolute atomic E-state index is 0.591. The monoisotopic (exact) mass is 220 g/mol. The molecule has 0 aliphatic carbocycles. The standard InChI is InChI=1S/C12H20N4/c1-2-10-7-12(16-9-15-10)14-8-11-5-3-4-6-13-11/h7,9,11,13H,2-6,8H2,1H3,(H,14,15,16). The highest BCUT2D eigenvalue weighted by Crippen LogP contribution is 2.09. The second-order valence-corrected chi connectivity index (χ2v) is 4.28. The number of nitrogens with one attached hydrogen (secondary N) is 2. The Balaban J connectivity index is 1.83. The minimum Gasteiger partial charge on any atom is -0.368 e. The van der Waals surface area contributed by atoms with E-state index in [0.717, 1.165) is 31.0 Å². The van der Waals surface area contributed by atoms with Crippen LogP contribution in [0, 0.1) is 0 Å². The number of aryl methyl sites for hydroxylation is 1. The summed E-state index contributed by atoms with van der Waals surface area (Å²) in [6.07, 6.45) is 6.50. The van der Waals surface area contributed by atoms with E-state index in [4.69, 9.17) is 0 Å². The van der Waals surface area contributed by atoms with Gasteiger partial charge in [-0.2, -0.15) is 0 Å². The van der Waals surface area contributed by atoms with Crippen molar-refractivity contribution in [3.05, 3.63) is 18.1 Å². The SMILES string of the molecule is CCc1cc(NCC2CCCCN2)ncn1. The summed E-state index contributed by atoms with van der Waals surface area (Å²) in [5.41, 5.74) is 1.09. The molecule has 4 heteroatoms. The molecule has 4 nitrogen and oxygen atoms in total. The third-order valence-corrected chi connectivity index (χ3v) is 3.03. The molecule has 0 amide bonds. The van der Waals surface area contributed by atoms with Crippen molar-refractivity contribution in [3.8, 4) is 0 Å². The molecule has 16 heavy (non-hydrogen) atoms. The molecule has 1 aliphatic heterocycles. The average molecular weight is 220 g/mol. The summed E-state index contributed by atoms with van der Waals surface area (Å²) in [7, 11) is 0. The van der Waals surface area contributed by atoms with E-state index in [1.165, 1.54) is 19.3 Å². The maximum atomic E-state index is 4.22. The number of hydrogen-bond acceptors (Lipinski definition) is 4. The molecule has 0 spiro atoms. The van der Waals surface area contributed by atoms with Crippen molar-refractivity contribution in [1.82, 2.24) is 15.3 Å². The van der Waals surface area contributed by atoms with Crippen LogP contribution < -0.4 is 10.6 Å². The molecule has 1 saturated heterocycles. The van der Waals surface area contributed by atoms with Gasteiger partial charge in [-0.15, -0.1) is 0 Å².